The van der Waals surface area contributed by atoms with Gasteiger partial charge in [0.25, 0.3) is 5.91 Å². The fourth-order valence-electron chi connectivity index (χ4n) is 2.28. The Hall–Kier alpha value is -2.39. The SMILES string of the molecule is CC(C)Oc1ccc(/C=N\NC(=O)CN(c2cccc(Br)c2)S(C)(=O)=O)cc1. The lowest BCUT2D eigenvalue weighted by atomic mass is 10.2. The first-order valence-corrected chi connectivity index (χ1v) is 11.1. The number of anilines is 1. The molecule has 0 aromatic heterocycles. The van der Waals surface area contributed by atoms with Gasteiger partial charge in [0.15, 0.2) is 0 Å². The van der Waals surface area contributed by atoms with E-state index in [0.29, 0.717) is 10.2 Å². The van der Waals surface area contributed by atoms with Crippen molar-refractivity contribution in [1.29, 1.82) is 0 Å². The van der Waals surface area contributed by atoms with Crippen LogP contribution in [0.3, 0.4) is 0 Å². The molecule has 0 saturated carbocycles. The van der Waals surface area contributed by atoms with Crippen molar-refractivity contribution in [1.82, 2.24) is 5.43 Å². The van der Waals surface area contributed by atoms with Crippen molar-refractivity contribution in [3.63, 3.8) is 0 Å². The van der Waals surface area contributed by atoms with Crippen LogP contribution in [0.15, 0.2) is 58.1 Å². The van der Waals surface area contributed by atoms with Crippen LogP contribution >= 0.6 is 15.9 Å². The lowest BCUT2D eigenvalue weighted by Gasteiger charge is -2.21. The number of halogens is 1. The molecule has 28 heavy (non-hydrogen) atoms. The number of ether oxygens (including phenoxy) is 1. The van der Waals surface area contributed by atoms with E-state index in [1.54, 1.807) is 36.4 Å². The average molecular weight is 468 g/mol. The van der Waals surface area contributed by atoms with E-state index < -0.39 is 15.9 Å². The average Bonchev–Trinajstić information content (AvgIpc) is 2.60. The van der Waals surface area contributed by atoms with E-state index in [1.165, 1.54) is 6.21 Å². The Bertz CT molecular complexity index is 944. The van der Waals surface area contributed by atoms with Crippen molar-refractivity contribution in [3.05, 3.63) is 58.6 Å². The molecule has 0 unspecified atom stereocenters. The van der Waals surface area contributed by atoms with Crippen LogP contribution in [0.4, 0.5) is 5.69 Å². The predicted molar refractivity (Wildman–Crippen MR) is 114 cm³/mol. The van der Waals surface area contributed by atoms with E-state index in [-0.39, 0.29) is 12.6 Å². The number of hydrogen-bond acceptors (Lipinski definition) is 5. The van der Waals surface area contributed by atoms with Gasteiger partial charge in [0.1, 0.15) is 12.3 Å². The Morgan fingerprint density at radius 3 is 2.50 bits per heavy atom. The molecule has 0 saturated heterocycles. The minimum absolute atomic E-state index is 0.0850. The quantitative estimate of drug-likeness (QED) is 0.476. The Morgan fingerprint density at radius 1 is 1.25 bits per heavy atom. The summed E-state index contributed by atoms with van der Waals surface area (Å²) in [7, 11) is -3.64. The highest BCUT2D eigenvalue weighted by atomic mass is 79.9. The zero-order valence-electron chi connectivity index (χ0n) is 15.8. The Morgan fingerprint density at radius 2 is 1.93 bits per heavy atom. The van der Waals surface area contributed by atoms with E-state index >= 15 is 0 Å². The Labute approximate surface area is 173 Å². The second-order valence-electron chi connectivity index (χ2n) is 6.28. The van der Waals surface area contributed by atoms with Gasteiger partial charge in [0, 0.05) is 4.47 Å². The van der Waals surface area contributed by atoms with Crippen LogP contribution < -0.4 is 14.5 Å². The second kappa shape index (κ2) is 9.70. The number of amides is 1. The molecule has 1 N–H and O–H groups in total. The normalized spacial score (nSPS) is 11.6. The first kappa shape index (κ1) is 21.9. The van der Waals surface area contributed by atoms with Crippen LogP contribution in [0.5, 0.6) is 5.75 Å². The maximum Gasteiger partial charge on any atom is 0.260 e. The highest BCUT2D eigenvalue weighted by Gasteiger charge is 2.20. The topological polar surface area (TPSA) is 88.1 Å². The zero-order chi connectivity index (χ0) is 20.7. The monoisotopic (exact) mass is 467 g/mol. The number of rotatable bonds is 8. The molecule has 9 heteroatoms. The lowest BCUT2D eigenvalue weighted by molar-refractivity contribution is -0.119. The summed E-state index contributed by atoms with van der Waals surface area (Å²) in [6.45, 7) is 3.51. The minimum atomic E-state index is -3.64. The highest BCUT2D eigenvalue weighted by Crippen LogP contribution is 2.21. The van der Waals surface area contributed by atoms with Crippen molar-refractivity contribution >= 4 is 43.8 Å². The van der Waals surface area contributed by atoms with Crippen LogP contribution in [-0.4, -0.2) is 39.4 Å². The van der Waals surface area contributed by atoms with E-state index in [2.05, 4.69) is 26.5 Å². The third-order valence-electron chi connectivity index (χ3n) is 3.44. The smallest absolute Gasteiger partial charge is 0.260 e. The van der Waals surface area contributed by atoms with Crippen molar-refractivity contribution in [2.24, 2.45) is 5.10 Å². The molecule has 0 bridgehead atoms. The Kier molecular flexibility index (Phi) is 7.59. The summed E-state index contributed by atoms with van der Waals surface area (Å²) in [5.41, 5.74) is 3.50. The van der Waals surface area contributed by atoms with Crippen LogP contribution in [0.1, 0.15) is 19.4 Å². The molecule has 2 aromatic rings. The lowest BCUT2D eigenvalue weighted by Crippen LogP contribution is -2.39. The van der Waals surface area contributed by atoms with Crippen molar-refractivity contribution in [2.45, 2.75) is 20.0 Å². The number of hydrazone groups is 1. The van der Waals surface area contributed by atoms with Gasteiger partial charge < -0.3 is 4.74 Å². The molecule has 0 spiro atoms. The van der Waals surface area contributed by atoms with Gasteiger partial charge in [0.05, 0.1) is 24.3 Å². The number of hydrogen-bond donors (Lipinski definition) is 1. The molecule has 0 radical (unpaired) electrons. The first-order valence-electron chi connectivity index (χ1n) is 8.47. The van der Waals surface area contributed by atoms with Crippen molar-refractivity contribution < 1.29 is 17.9 Å². The molecule has 150 valence electrons. The number of nitrogens with one attached hydrogen (secondary N) is 1. The summed E-state index contributed by atoms with van der Waals surface area (Å²) in [5, 5.41) is 3.88. The summed E-state index contributed by atoms with van der Waals surface area (Å²) in [6.07, 6.45) is 2.61. The molecule has 2 rings (SSSR count). The van der Waals surface area contributed by atoms with Crippen LogP contribution in [0, 0.1) is 0 Å². The number of carbonyl (C=O) groups excluding carboxylic acids is 1. The van der Waals surface area contributed by atoms with Crippen LogP contribution in [0.2, 0.25) is 0 Å². The van der Waals surface area contributed by atoms with Gasteiger partial charge in [-0.3, -0.25) is 9.10 Å². The van der Waals surface area contributed by atoms with Gasteiger partial charge in [-0.15, -0.1) is 0 Å². The van der Waals surface area contributed by atoms with Crippen LogP contribution in [0.25, 0.3) is 0 Å². The van der Waals surface area contributed by atoms with Gasteiger partial charge >= 0.3 is 0 Å². The van der Waals surface area contributed by atoms with E-state index in [9.17, 15) is 13.2 Å². The number of sulfonamides is 1. The first-order chi connectivity index (χ1) is 13.1. The maximum atomic E-state index is 12.2. The fourth-order valence-corrected chi connectivity index (χ4v) is 3.52. The van der Waals surface area contributed by atoms with Gasteiger partial charge in [-0.2, -0.15) is 5.10 Å². The molecule has 0 aliphatic carbocycles. The summed E-state index contributed by atoms with van der Waals surface area (Å²) < 4.78 is 31.4. The number of carbonyl (C=O) groups is 1. The predicted octanol–water partition coefficient (Wildman–Crippen LogP) is 3.15. The maximum absolute atomic E-state index is 12.2. The van der Waals surface area contributed by atoms with Crippen molar-refractivity contribution in [2.75, 3.05) is 17.1 Å². The van der Waals surface area contributed by atoms with Gasteiger partial charge in [-0.05, 0) is 61.9 Å². The van der Waals surface area contributed by atoms with E-state index in [1.807, 2.05) is 26.0 Å². The summed E-state index contributed by atoms with van der Waals surface area (Å²) >= 11 is 3.29. The molecule has 1 amide bonds. The van der Waals surface area contributed by atoms with E-state index in [0.717, 1.165) is 21.9 Å². The molecule has 0 aliphatic heterocycles. The standard InChI is InChI=1S/C19H22BrN3O4S/c1-14(2)27-18-9-7-15(8-10-18)12-21-22-19(24)13-23(28(3,25)26)17-6-4-5-16(20)11-17/h4-12,14H,13H2,1-3H3,(H,22,24)/b21-12-. The number of benzene rings is 2. The Balaban J connectivity index is 2.00. The van der Waals surface area contributed by atoms with E-state index in [4.69, 9.17) is 4.74 Å². The zero-order valence-corrected chi connectivity index (χ0v) is 18.2. The van der Waals surface area contributed by atoms with Crippen molar-refractivity contribution in [3.8, 4) is 5.75 Å². The fraction of sp³-hybridized carbons (Fsp3) is 0.263. The third-order valence-corrected chi connectivity index (χ3v) is 5.07. The highest BCUT2D eigenvalue weighted by molar-refractivity contribution is 9.10. The molecule has 0 heterocycles. The largest absolute Gasteiger partial charge is 0.491 e. The van der Waals surface area contributed by atoms with Crippen LogP contribution in [-0.2, 0) is 14.8 Å². The molecule has 0 fully saturated rings. The van der Waals surface area contributed by atoms with Gasteiger partial charge in [-0.25, -0.2) is 13.8 Å². The van der Waals surface area contributed by atoms with Gasteiger partial charge in [0.2, 0.25) is 10.0 Å². The molecule has 0 aliphatic rings. The van der Waals surface area contributed by atoms with Gasteiger partial charge in [-0.1, -0.05) is 22.0 Å². The molecule has 2 aromatic carbocycles. The molecule has 7 nitrogen and oxygen atoms in total. The molecular weight excluding hydrogens is 446 g/mol. The third kappa shape index (κ3) is 6.97. The minimum Gasteiger partial charge on any atom is -0.491 e. The number of nitrogens with zero attached hydrogens (tertiary/aromatic N) is 2. The molecule has 0 atom stereocenters. The summed E-state index contributed by atoms with van der Waals surface area (Å²) in [5.74, 6) is 0.190. The molecular formula is C19H22BrN3O4S. The summed E-state index contributed by atoms with van der Waals surface area (Å²) in [4.78, 5) is 12.2. The summed E-state index contributed by atoms with van der Waals surface area (Å²) in [6, 6.07) is 13.9. The second-order valence-corrected chi connectivity index (χ2v) is 9.10.